The normalized spacial score (nSPS) is 10.9. The predicted octanol–water partition coefficient (Wildman–Crippen LogP) is 3.14. The molecule has 0 radical (unpaired) electrons. The Morgan fingerprint density at radius 2 is 2.30 bits per heavy atom. The topological polar surface area (TPSA) is 70.7 Å². The first kappa shape index (κ1) is 12.8. The van der Waals surface area contributed by atoms with E-state index < -0.39 is 0 Å². The average molecular weight is 286 g/mol. The Hall–Kier alpha value is -2.21. The Balaban J connectivity index is 1.84. The number of aromatic nitrogens is 3. The number of aryl methyl sites for hydroxylation is 2. The molecule has 0 aliphatic heterocycles. The fourth-order valence-corrected chi connectivity index (χ4v) is 2.95. The van der Waals surface area contributed by atoms with Crippen molar-refractivity contribution in [3.8, 4) is 0 Å². The van der Waals surface area contributed by atoms with Crippen LogP contribution >= 0.6 is 11.3 Å². The van der Waals surface area contributed by atoms with Gasteiger partial charge in [-0.1, -0.05) is 6.92 Å². The van der Waals surface area contributed by atoms with Crippen molar-refractivity contribution in [2.45, 2.75) is 20.3 Å². The number of anilines is 1. The molecule has 1 amide bonds. The summed E-state index contributed by atoms with van der Waals surface area (Å²) in [6.45, 7) is 4.07. The monoisotopic (exact) mass is 286 g/mol. The second-order valence-electron chi connectivity index (χ2n) is 4.46. The van der Waals surface area contributed by atoms with Crippen molar-refractivity contribution in [2.75, 3.05) is 5.32 Å². The maximum atomic E-state index is 12.2. The first-order valence-electron chi connectivity index (χ1n) is 6.38. The van der Waals surface area contributed by atoms with Crippen LogP contribution in [0.1, 0.15) is 27.9 Å². The molecule has 6 heteroatoms. The molecule has 3 rings (SSSR count). The number of H-pyrrole nitrogens is 1. The minimum absolute atomic E-state index is 0.155. The van der Waals surface area contributed by atoms with Gasteiger partial charge in [0, 0.05) is 10.4 Å². The number of fused-ring (bicyclic) bond motifs is 1. The highest BCUT2D eigenvalue weighted by Crippen LogP contribution is 2.23. The number of thiazole rings is 1. The number of benzene rings is 1. The molecule has 0 unspecified atom stereocenters. The van der Waals surface area contributed by atoms with Crippen molar-refractivity contribution in [2.24, 2.45) is 0 Å². The Kier molecular flexibility index (Phi) is 3.23. The SMILES string of the molecule is CCc1nc(NC(=O)c2ccc3nc[nH]c3c2)sc1C. The zero-order valence-corrected chi connectivity index (χ0v) is 12.0. The van der Waals surface area contributed by atoms with Gasteiger partial charge in [0.05, 0.1) is 23.1 Å². The lowest BCUT2D eigenvalue weighted by Crippen LogP contribution is -2.11. The van der Waals surface area contributed by atoms with Crippen LogP contribution in [0.2, 0.25) is 0 Å². The number of carbonyl (C=O) groups excluding carboxylic acids is 1. The Bertz CT molecular complexity index is 774. The predicted molar refractivity (Wildman–Crippen MR) is 80.3 cm³/mol. The number of hydrogen-bond donors (Lipinski definition) is 2. The van der Waals surface area contributed by atoms with Gasteiger partial charge in [0.25, 0.3) is 5.91 Å². The van der Waals surface area contributed by atoms with Crippen LogP contribution in [0.25, 0.3) is 11.0 Å². The second kappa shape index (κ2) is 5.05. The number of hydrogen-bond acceptors (Lipinski definition) is 4. The van der Waals surface area contributed by atoms with Crippen molar-refractivity contribution in [3.63, 3.8) is 0 Å². The summed E-state index contributed by atoms with van der Waals surface area (Å²) in [5.74, 6) is -0.155. The van der Waals surface area contributed by atoms with Gasteiger partial charge in [0.2, 0.25) is 0 Å². The summed E-state index contributed by atoms with van der Waals surface area (Å²) in [5, 5.41) is 3.49. The maximum Gasteiger partial charge on any atom is 0.257 e. The van der Waals surface area contributed by atoms with Crippen LogP contribution in [0.5, 0.6) is 0 Å². The third-order valence-electron chi connectivity index (χ3n) is 3.13. The summed E-state index contributed by atoms with van der Waals surface area (Å²) in [6, 6.07) is 5.38. The van der Waals surface area contributed by atoms with Gasteiger partial charge in [-0.3, -0.25) is 10.1 Å². The molecule has 0 saturated heterocycles. The quantitative estimate of drug-likeness (QED) is 0.777. The van der Waals surface area contributed by atoms with Crippen LogP contribution in [0.4, 0.5) is 5.13 Å². The molecule has 0 spiro atoms. The first-order valence-corrected chi connectivity index (χ1v) is 7.20. The van der Waals surface area contributed by atoms with Crippen LogP contribution in [0, 0.1) is 6.92 Å². The molecular weight excluding hydrogens is 272 g/mol. The van der Waals surface area contributed by atoms with E-state index in [2.05, 4.69) is 27.2 Å². The van der Waals surface area contributed by atoms with Gasteiger partial charge in [0.15, 0.2) is 5.13 Å². The highest BCUT2D eigenvalue weighted by Gasteiger charge is 2.11. The molecule has 102 valence electrons. The van der Waals surface area contributed by atoms with Gasteiger partial charge in [0.1, 0.15) is 0 Å². The van der Waals surface area contributed by atoms with Crippen molar-refractivity contribution in [1.29, 1.82) is 0 Å². The fourth-order valence-electron chi connectivity index (χ4n) is 2.06. The molecule has 0 atom stereocenters. The van der Waals surface area contributed by atoms with Gasteiger partial charge in [-0.15, -0.1) is 11.3 Å². The Morgan fingerprint density at radius 1 is 1.45 bits per heavy atom. The molecular formula is C14H14N4OS. The lowest BCUT2D eigenvalue weighted by molar-refractivity contribution is 0.102. The zero-order chi connectivity index (χ0) is 14.1. The molecule has 0 fully saturated rings. The lowest BCUT2D eigenvalue weighted by atomic mass is 10.2. The van der Waals surface area contributed by atoms with Crippen molar-refractivity contribution < 1.29 is 4.79 Å². The van der Waals surface area contributed by atoms with Crippen molar-refractivity contribution >= 4 is 33.4 Å². The molecule has 0 bridgehead atoms. The van der Waals surface area contributed by atoms with Gasteiger partial charge in [-0.05, 0) is 31.5 Å². The van der Waals surface area contributed by atoms with Gasteiger partial charge in [-0.25, -0.2) is 9.97 Å². The van der Waals surface area contributed by atoms with E-state index in [1.54, 1.807) is 18.5 Å². The summed E-state index contributed by atoms with van der Waals surface area (Å²) in [4.78, 5) is 24.9. The number of rotatable bonds is 3. The van der Waals surface area contributed by atoms with Gasteiger partial charge >= 0.3 is 0 Å². The fraction of sp³-hybridized carbons (Fsp3) is 0.214. The number of nitrogens with one attached hydrogen (secondary N) is 2. The smallest absolute Gasteiger partial charge is 0.257 e. The minimum Gasteiger partial charge on any atom is -0.345 e. The summed E-state index contributed by atoms with van der Waals surface area (Å²) in [5.41, 5.74) is 3.32. The molecule has 2 heterocycles. The average Bonchev–Trinajstić information content (AvgIpc) is 3.03. The standard InChI is InChI=1S/C14H14N4OS/c1-3-10-8(2)20-14(17-10)18-13(19)9-4-5-11-12(6-9)16-7-15-11/h4-7H,3H2,1-2H3,(H,15,16)(H,17,18,19). The number of aromatic amines is 1. The highest BCUT2D eigenvalue weighted by molar-refractivity contribution is 7.15. The van der Waals surface area contributed by atoms with E-state index in [0.29, 0.717) is 10.7 Å². The number of nitrogens with zero attached hydrogens (tertiary/aromatic N) is 2. The molecule has 2 N–H and O–H groups in total. The molecule has 0 saturated carbocycles. The van der Waals surface area contributed by atoms with Crippen LogP contribution in [0.3, 0.4) is 0 Å². The Labute approximate surface area is 120 Å². The molecule has 20 heavy (non-hydrogen) atoms. The third-order valence-corrected chi connectivity index (χ3v) is 4.06. The number of amides is 1. The van der Waals surface area contributed by atoms with Crippen LogP contribution in [-0.2, 0) is 6.42 Å². The van der Waals surface area contributed by atoms with E-state index in [0.717, 1.165) is 28.0 Å². The van der Waals surface area contributed by atoms with E-state index in [-0.39, 0.29) is 5.91 Å². The van der Waals surface area contributed by atoms with Gasteiger partial charge in [-0.2, -0.15) is 0 Å². The van der Waals surface area contributed by atoms with Crippen molar-refractivity contribution in [1.82, 2.24) is 15.0 Å². The van der Waals surface area contributed by atoms with Crippen molar-refractivity contribution in [3.05, 3.63) is 40.7 Å². The van der Waals surface area contributed by atoms with Gasteiger partial charge < -0.3 is 4.98 Å². The maximum absolute atomic E-state index is 12.2. The largest absolute Gasteiger partial charge is 0.345 e. The van der Waals surface area contributed by atoms with E-state index in [4.69, 9.17) is 0 Å². The molecule has 3 aromatic rings. The summed E-state index contributed by atoms with van der Waals surface area (Å²) >= 11 is 1.50. The molecule has 2 aromatic heterocycles. The van der Waals surface area contributed by atoms with E-state index in [9.17, 15) is 4.79 Å². The highest BCUT2D eigenvalue weighted by atomic mass is 32.1. The Morgan fingerprint density at radius 3 is 3.05 bits per heavy atom. The zero-order valence-electron chi connectivity index (χ0n) is 11.2. The summed E-state index contributed by atoms with van der Waals surface area (Å²) in [7, 11) is 0. The number of imidazole rings is 1. The molecule has 0 aliphatic carbocycles. The third kappa shape index (κ3) is 2.30. The lowest BCUT2D eigenvalue weighted by Gasteiger charge is -2.01. The minimum atomic E-state index is -0.155. The van der Waals surface area contributed by atoms with Crippen LogP contribution in [-0.4, -0.2) is 20.9 Å². The summed E-state index contributed by atoms with van der Waals surface area (Å²) < 4.78 is 0. The first-order chi connectivity index (χ1) is 9.67. The van der Waals surface area contributed by atoms with Crippen LogP contribution in [0.15, 0.2) is 24.5 Å². The van der Waals surface area contributed by atoms with E-state index in [1.165, 1.54) is 11.3 Å². The number of carbonyl (C=O) groups is 1. The van der Waals surface area contributed by atoms with Crippen LogP contribution < -0.4 is 5.32 Å². The summed E-state index contributed by atoms with van der Waals surface area (Å²) in [6.07, 6.45) is 2.49. The molecule has 0 aliphatic rings. The molecule has 1 aromatic carbocycles. The molecule has 5 nitrogen and oxygen atoms in total. The van der Waals surface area contributed by atoms with E-state index in [1.807, 2.05) is 13.0 Å². The van der Waals surface area contributed by atoms with E-state index >= 15 is 0 Å². The second-order valence-corrected chi connectivity index (χ2v) is 5.67.